The molecule has 0 saturated heterocycles. The highest BCUT2D eigenvalue weighted by Crippen LogP contribution is 2.45. The molecule has 4 rings (SSSR count). The number of nitrogens with two attached hydrogens (primary N) is 1. The lowest BCUT2D eigenvalue weighted by Gasteiger charge is -2.31. The van der Waals surface area contributed by atoms with E-state index in [9.17, 15) is 10.1 Å². The number of hydrogen-bond donors (Lipinski definition) is 1. The van der Waals surface area contributed by atoms with Crippen molar-refractivity contribution in [2.75, 3.05) is 0 Å². The Kier molecular flexibility index (Phi) is 5.09. The summed E-state index contributed by atoms with van der Waals surface area (Å²) in [7, 11) is 0. The highest BCUT2D eigenvalue weighted by atomic mass is 16.5. The molecule has 0 unspecified atom stereocenters. The molecule has 2 aromatic rings. The summed E-state index contributed by atoms with van der Waals surface area (Å²) in [5.74, 6) is 0.720. The van der Waals surface area contributed by atoms with Gasteiger partial charge in [0.25, 0.3) is 0 Å². The van der Waals surface area contributed by atoms with Gasteiger partial charge in [0.2, 0.25) is 5.88 Å². The van der Waals surface area contributed by atoms with Gasteiger partial charge in [-0.15, -0.1) is 0 Å². The van der Waals surface area contributed by atoms with Gasteiger partial charge in [0.1, 0.15) is 29.8 Å². The Hall–Kier alpha value is -3.52. The number of ether oxygens (including phenoxy) is 2. The van der Waals surface area contributed by atoms with Crippen molar-refractivity contribution >= 4 is 5.78 Å². The van der Waals surface area contributed by atoms with E-state index < -0.39 is 5.92 Å². The lowest BCUT2D eigenvalue weighted by Crippen LogP contribution is -2.27. The molecular weight excluding hydrogens is 364 g/mol. The fourth-order valence-corrected chi connectivity index (χ4v) is 3.98. The molecule has 1 aliphatic heterocycles. The van der Waals surface area contributed by atoms with Gasteiger partial charge in [-0.3, -0.25) is 4.79 Å². The number of carbonyl (C=O) groups is 1. The van der Waals surface area contributed by atoms with Crippen LogP contribution in [0.25, 0.3) is 0 Å². The number of Topliss-reactive ketones (excluding diaryl/α,β-unsaturated/α-hetero) is 1. The third-order valence-corrected chi connectivity index (χ3v) is 5.31. The standard InChI is InChI=1S/C24H22N2O3/c1-15-6-4-7-16(12-15)14-28-20-10-3-2-8-17(20)22-18(13-25)24(26)29-21-11-5-9-19(27)23(21)22/h2-4,6-8,10,12,22H,5,9,11,14,26H2,1H3/t22-/m1/s1. The summed E-state index contributed by atoms with van der Waals surface area (Å²) in [4.78, 5) is 12.8. The number of ketones is 1. The van der Waals surface area contributed by atoms with Crippen LogP contribution in [0.2, 0.25) is 0 Å². The fourth-order valence-electron chi connectivity index (χ4n) is 3.98. The van der Waals surface area contributed by atoms with Crippen molar-refractivity contribution in [2.24, 2.45) is 5.73 Å². The van der Waals surface area contributed by atoms with Crippen molar-refractivity contribution in [3.8, 4) is 11.8 Å². The molecule has 0 aromatic heterocycles. The summed E-state index contributed by atoms with van der Waals surface area (Å²) < 4.78 is 11.8. The molecule has 0 fully saturated rings. The minimum Gasteiger partial charge on any atom is -0.489 e. The molecule has 0 radical (unpaired) electrons. The second-order valence-corrected chi connectivity index (χ2v) is 7.35. The van der Waals surface area contributed by atoms with Gasteiger partial charge in [0.15, 0.2) is 5.78 Å². The largest absolute Gasteiger partial charge is 0.489 e. The maximum Gasteiger partial charge on any atom is 0.205 e. The van der Waals surface area contributed by atoms with Crippen LogP contribution < -0.4 is 10.5 Å². The number of allylic oxidation sites excluding steroid dienone is 3. The monoisotopic (exact) mass is 386 g/mol. The van der Waals surface area contributed by atoms with E-state index in [4.69, 9.17) is 15.2 Å². The van der Waals surface area contributed by atoms with Gasteiger partial charge in [-0.25, -0.2) is 0 Å². The van der Waals surface area contributed by atoms with E-state index in [-0.39, 0.29) is 17.2 Å². The van der Waals surface area contributed by atoms with Crippen LogP contribution in [0.15, 0.2) is 71.3 Å². The third kappa shape index (κ3) is 3.62. The van der Waals surface area contributed by atoms with Crippen LogP contribution in [0.5, 0.6) is 5.75 Å². The van der Waals surface area contributed by atoms with Crippen LogP contribution in [0.4, 0.5) is 0 Å². The molecule has 1 atom stereocenters. The number of para-hydroxylation sites is 1. The lowest BCUT2D eigenvalue weighted by molar-refractivity contribution is -0.116. The highest BCUT2D eigenvalue weighted by molar-refractivity contribution is 5.99. The number of aryl methyl sites for hydroxylation is 1. The molecule has 0 spiro atoms. The molecule has 5 heteroatoms. The van der Waals surface area contributed by atoms with Crippen LogP contribution in [0, 0.1) is 18.3 Å². The molecule has 1 aliphatic carbocycles. The number of benzene rings is 2. The van der Waals surface area contributed by atoms with E-state index in [0.717, 1.165) is 23.1 Å². The quantitative estimate of drug-likeness (QED) is 0.842. The third-order valence-electron chi connectivity index (χ3n) is 5.31. The molecular formula is C24H22N2O3. The van der Waals surface area contributed by atoms with Gasteiger partial charge in [0.05, 0.1) is 5.92 Å². The SMILES string of the molecule is Cc1cccc(COc2ccccc2[C@@H]2C(C#N)=C(N)OC3=C2C(=O)CCC3)c1. The van der Waals surface area contributed by atoms with Crippen molar-refractivity contribution in [1.82, 2.24) is 0 Å². The summed E-state index contributed by atoms with van der Waals surface area (Å²) in [5.41, 5.74) is 9.81. The average Bonchev–Trinajstić information content (AvgIpc) is 2.72. The maximum absolute atomic E-state index is 12.8. The molecule has 2 aliphatic rings. The van der Waals surface area contributed by atoms with E-state index >= 15 is 0 Å². The van der Waals surface area contributed by atoms with Crippen LogP contribution >= 0.6 is 0 Å². The van der Waals surface area contributed by atoms with E-state index in [0.29, 0.717) is 36.5 Å². The maximum atomic E-state index is 12.8. The van der Waals surface area contributed by atoms with Crippen LogP contribution in [-0.2, 0) is 16.1 Å². The van der Waals surface area contributed by atoms with Crippen LogP contribution in [0.1, 0.15) is 41.9 Å². The average molecular weight is 386 g/mol. The fraction of sp³-hybridized carbons (Fsp3) is 0.250. The van der Waals surface area contributed by atoms with Crippen LogP contribution in [0.3, 0.4) is 0 Å². The highest BCUT2D eigenvalue weighted by Gasteiger charge is 2.39. The van der Waals surface area contributed by atoms with Gasteiger partial charge in [-0.1, -0.05) is 48.0 Å². The normalized spacial score (nSPS) is 18.8. The molecule has 29 heavy (non-hydrogen) atoms. The first kappa shape index (κ1) is 18.8. The first-order valence-corrected chi connectivity index (χ1v) is 9.69. The summed E-state index contributed by atoms with van der Waals surface area (Å²) >= 11 is 0. The zero-order valence-corrected chi connectivity index (χ0v) is 16.3. The van der Waals surface area contributed by atoms with Crippen molar-refractivity contribution in [3.05, 3.63) is 88.0 Å². The Balaban J connectivity index is 1.74. The predicted octanol–water partition coefficient (Wildman–Crippen LogP) is 4.39. The molecule has 0 amide bonds. The Labute approximate surface area is 170 Å². The molecule has 0 bridgehead atoms. The summed E-state index contributed by atoms with van der Waals surface area (Å²) in [5, 5.41) is 9.76. The first-order chi connectivity index (χ1) is 14.1. The Morgan fingerprint density at radius 1 is 1.21 bits per heavy atom. The molecule has 0 saturated carbocycles. The summed E-state index contributed by atoms with van der Waals surface area (Å²) in [6.07, 6.45) is 1.82. The van der Waals surface area contributed by atoms with E-state index in [1.54, 1.807) is 0 Å². The molecule has 2 aromatic carbocycles. The molecule has 2 N–H and O–H groups in total. The van der Waals surface area contributed by atoms with E-state index in [1.807, 2.05) is 49.4 Å². The van der Waals surface area contributed by atoms with Gasteiger partial charge in [-0.05, 0) is 25.0 Å². The van der Waals surface area contributed by atoms with Gasteiger partial charge in [0, 0.05) is 24.0 Å². The minimum absolute atomic E-state index is 0.00462. The van der Waals surface area contributed by atoms with E-state index in [2.05, 4.69) is 12.1 Å². The minimum atomic E-state index is -0.565. The zero-order valence-electron chi connectivity index (χ0n) is 16.3. The second kappa shape index (κ2) is 7.84. The number of rotatable bonds is 4. The van der Waals surface area contributed by atoms with Gasteiger partial charge >= 0.3 is 0 Å². The Bertz CT molecular complexity index is 1080. The molecule has 5 nitrogen and oxygen atoms in total. The van der Waals surface area contributed by atoms with Gasteiger partial charge in [-0.2, -0.15) is 5.26 Å². The van der Waals surface area contributed by atoms with Crippen molar-refractivity contribution in [3.63, 3.8) is 0 Å². The number of hydrogen-bond acceptors (Lipinski definition) is 5. The van der Waals surface area contributed by atoms with Crippen molar-refractivity contribution < 1.29 is 14.3 Å². The number of carbonyl (C=O) groups excluding carboxylic acids is 1. The first-order valence-electron chi connectivity index (χ1n) is 9.69. The molecule has 1 heterocycles. The molecule has 146 valence electrons. The lowest BCUT2D eigenvalue weighted by atomic mass is 9.77. The number of nitrogens with zero attached hydrogens (tertiary/aromatic N) is 1. The zero-order chi connectivity index (χ0) is 20.4. The summed E-state index contributed by atoms with van der Waals surface area (Å²) in [6.45, 7) is 2.43. The Morgan fingerprint density at radius 3 is 2.83 bits per heavy atom. The smallest absolute Gasteiger partial charge is 0.205 e. The predicted molar refractivity (Wildman–Crippen MR) is 108 cm³/mol. The van der Waals surface area contributed by atoms with Crippen LogP contribution in [-0.4, -0.2) is 5.78 Å². The number of nitriles is 1. The summed E-state index contributed by atoms with van der Waals surface area (Å²) in [6, 6.07) is 17.8. The second-order valence-electron chi connectivity index (χ2n) is 7.35. The van der Waals surface area contributed by atoms with Crippen molar-refractivity contribution in [1.29, 1.82) is 5.26 Å². The van der Waals surface area contributed by atoms with E-state index in [1.165, 1.54) is 0 Å². The Morgan fingerprint density at radius 2 is 2.03 bits per heavy atom. The topological polar surface area (TPSA) is 85.3 Å². The van der Waals surface area contributed by atoms with Gasteiger partial charge < -0.3 is 15.2 Å². The van der Waals surface area contributed by atoms with Crippen molar-refractivity contribution in [2.45, 2.75) is 38.7 Å².